The second-order valence-electron chi connectivity index (χ2n) is 5.52. The number of nitrogens with zero attached hydrogens (tertiary/aromatic N) is 2. The van der Waals surface area contributed by atoms with E-state index in [2.05, 4.69) is 9.80 Å². The Labute approximate surface area is 105 Å². The Morgan fingerprint density at radius 3 is 2.24 bits per heavy atom. The van der Waals surface area contributed by atoms with Crippen LogP contribution in [0.15, 0.2) is 0 Å². The lowest BCUT2D eigenvalue weighted by molar-refractivity contribution is 0.0732. The molecule has 0 amide bonds. The van der Waals surface area contributed by atoms with Gasteiger partial charge in [0.2, 0.25) is 0 Å². The summed E-state index contributed by atoms with van der Waals surface area (Å²) in [6.45, 7) is 6.11. The summed E-state index contributed by atoms with van der Waals surface area (Å²) in [7, 11) is 0. The lowest BCUT2D eigenvalue weighted by atomic mass is 9.90. The Kier molecular flexibility index (Phi) is 5.22. The highest BCUT2D eigenvalue weighted by atomic mass is 16.3. The van der Waals surface area contributed by atoms with Crippen molar-refractivity contribution in [2.75, 3.05) is 39.3 Å². The van der Waals surface area contributed by atoms with Crippen LogP contribution in [-0.2, 0) is 0 Å². The third-order valence-electron chi connectivity index (χ3n) is 4.30. The van der Waals surface area contributed by atoms with Crippen molar-refractivity contribution >= 4 is 0 Å². The van der Waals surface area contributed by atoms with Crippen LogP contribution < -0.4 is 5.73 Å². The maximum absolute atomic E-state index is 8.83. The van der Waals surface area contributed by atoms with E-state index in [1.165, 1.54) is 51.9 Å². The number of nitrogens with two attached hydrogens (primary N) is 1. The number of aliphatic hydroxyl groups excluding tert-OH is 1. The third kappa shape index (κ3) is 3.91. The lowest BCUT2D eigenvalue weighted by Crippen LogP contribution is -2.51. The van der Waals surface area contributed by atoms with Gasteiger partial charge in [0.15, 0.2) is 0 Å². The molecule has 0 aromatic carbocycles. The van der Waals surface area contributed by atoms with Crippen molar-refractivity contribution < 1.29 is 5.11 Å². The van der Waals surface area contributed by atoms with Gasteiger partial charge in [0.25, 0.3) is 0 Å². The number of piperazine rings is 1. The number of hydrogen-bond donors (Lipinski definition) is 2. The minimum absolute atomic E-state index is 0.320. The fraction of sp³-hybridized carbons (Fsp3) is 1.00. The minimum atomic E-state index is 0.320. The molecule has 0 aromatic rings. The molecule has 0 spiro atoms. The summed E-state index contributed by atoms with van der Waals surface area (Å²) in [6.07, 6.45) is 5.90. The fourth-order valence-corrected chi connectivity index (χ4v) is 3.11. The highest BCUT2D eigenvalue weighted by Gasteiger charge is 2.26. The van der Waals surface area contributed by atoms with Gasteiger partial charge in [0.05, 0.1) is 0 Å². The van der Waals surface area contributed by atoms with E-state index in [4.69, 9.17) is 10.8 Å². The zero-order valence-electron chi connectivity index (χ0n) is 10.9. The van der Waals surface area contributed by atoms with Crippen molar-refractivity contribution in [3.8, 4) is 0 Å². The summed E-state index contributed by atoms with van der Waals surface area (Å²) in [6, 6.07) is 1.24. The molecule has 1 heterocycles. The van der Waals surface area contributed by atoms with Crippen LogP contribution in [0.4, 0.5) is 0 Å². The quantitative estimate of drug-likeness (QED) is 0.741. The summed E-state index contributed by atoms with van der Waals surface area (Å²) < 4.78 is 0. The molecule has 100 valence electrons. The first-order chi connectivity index (χ1) is 8.29. The zero-order chi connectivity index (χ0) is 12.1. The molecule has 4 nitrogen and oxygen atoms in total. The van der Waals surface area contributed by atoms with Crippen LogP contribution in [0.25, 0.3) is 0 Å². The van der Waals surface area contributed by atoms with Gasteiger partial charge < -0.3 is 15.7 Å². The Morgan fingerprint density at radius 2 is 1.65 bits per heavy atom. The summed E-state index contributed by atoms with van der Waals surface area (Å²) >= 11 is 0. The molecule has 1 aliphatic carbocycles. The van der Waals surface area contributed by atoms with Crippen molar-refractivity contribution in [2.24, 2.45) is 5.73 Å². The van der Waals surface area contributed by atoms with Crippen molar-refractivity contribution in [2.45, 2.75) is 44.2 Å². The average molecular weight is 241 g/mol. The summed E-state index contributed by atoms with van der Waals surface area (Å²) in [5, 5.41) is 8.83. The zero-order valence-corrected chi connectivity index (χ0v) is 10.9. The van der Waals surface area contributed by atoms with Gasteiger partial charge in [-0.15, -0.1) is 0 Å². The van der Waals surface area contributed by atoms with Gasteiger partial charge in [-0.05, 0) is 32.1 Å². The van der Waals surface area contributed by atoms with Gasteiger partial charge in [-0.25, -0.2) is 0 Å². The molecular weight excluding hydrogens is 214 g/mol. The van der Waals surface area contributed by atoms with E-state index in [9.17, 15) is 0 Å². The molecule has 0 atom stereocenters. The second kappa shape index (κ2) is 6.69. The Balaban J connectivity index is 1.68. The molecule has 2 fully saturated rings. The van der Waals surface area contributed by atoms with Crippen molar-refractivity contribution in [3.05, 3.63) is 0 Å². The molecule has 4 heteroatoms. The first-order valence-corrected chi connectivity index (χ1v) is 7.12. The van der Waals surface area contributed by atoms with E-state index in [-0.39, 0.29) is 0 Å². The van der Waals surface area contributed by atoms with Crippen molar-refractivity contribution in [1.29, 1.82) is 0 Å². The molecule has 0 radical (unpaired) electrons. The van der Waals surface area contributed by atoms with Crippen LogP contribution in [-0.4, -0.2) is 66.3 Å². The second-order valence-corrected chi connectivity index (χ2v) is 5.52. The molecule has 0 aromatic heterocycles. The average Bonchev–Trinajstić information content (AvgIpc) is 2.38. The molecular formula is C13H27N3O. The highest BCUT2D eigenvalue weighted by molar-refractivity contribution is 4.84. The van der Waals surface area contributed by atoms with Gasteiger partial charge in [-0.3, -0.25) is 4.90 Å². The molecule has 1 saturated carbocycles. The third-order valence-corrected chi connectivity index (χ3v) is 4.30. The molecule has 0 unspecified atom stereocenters. The van der Waals surface area contributed by atoms with Crippen LogP contribution in [0.3, 0.4) is 0 Å². The molecule has 1 aliphatic heterocycles. The van der Waals surface area contributed by atoms with Crippen LogP contribution >= 0.6 is 0 Å². The van der Waals surface area contributed by atoms with Crippen molar-refractivity contribution in [1.82, 2.24) is 9.80 Å². The first kappa shape index (κ1) is 13.3. The predicted molar refractivity (Wildman–Crippen MR) is 69.9 cm³/mol. The maximum atomic E-state index is 8.83. The lowest BCUT2D eigenvalue weighted by Gasteiger charge is -2.41. The molecule has 2 rings (SSSR count). The summed E-state index contributed by atoms with van der Waals surface area (Å²) in [5.74, 6) is 0. The Bertz CT molecular complexity index is 209. The van der Waals surface area contributed by atoms with E-state index < -0.39 is 0 Å². The summed E-state index contributed by atoms with van der Waals surface area (Å²) in [4.78, 5) is 5.13. The van der Waals surface area contributed by atoms with E-state index in [0.29, 0.717) is 12.6 Å². The standard InChI is InChI=1S/C13H27N3O/c14-12-2-4-13(5-3-12)16-9-7-15(8-10-16)6-1-11-17/h12-13,17H,1-11,14H2. The van der Waals surface area contributed by atoms with Gasteiger partial charge in [-0.2, -0.15) is 0 Å². The van der Waals surface area contributed by atoms with Crippen LogP contribution in [0.2, 0.25) is 0 Å². The van der Waals surface area contributed by atoms with E-state index in [1.54, 1.807) is 0 Å². The van der Waals surface area contributed by atoms with Gasteiger partial charge >= 0.3 is 0 Å². The van der Waals surface area contributed by atoms with E-state index >= 15 is 0 Å². The van der Waals surface area contributed by atoms with Gasteiger partial charge in [-0.1, -0.05) is 0 Å². The molecule has 17 heavy (non-hydrogen) atoms. The minimum Gasteiger partial charge on any atom is -0.396 e. The maximum Gasteiger partial charge on any atom is 0.0443 e. The van der Waals surface area contributed by atoms with Crippen molar-refractivity contribution in [3.63, 3.8) is 0 Å². The predicted octanol–water partition coefficient (Wildman–Crippen LogP) is 0.256. The van der Waals surface area contributed by atoms with E-state index in [1.807, 2.05) is 0 Å². The van der Waals surface area contributed by atoms with Crippen LogP contribution in [0.1, 0.15) is 32.1 Å². The highest BCUT2D eigenvalue weighted by Crippen LogP contribution is 2.23. The molecule has 1 saturated heterocycles. The normalized spacial score (nSPS) is 32.8. The first-order valence-electron chi connectivity index (χ1n) is 7.12. The monoisotopic (exact) mass is 241 g/mol. The number of hydrogen-bond acceptors (Lipinski definition) is 4. The summed E-state index contributed by atoms with van der Waals surface area (Å²) in [5.41, 5.74) is 5.95. The largest absolute Gasteiger partial charge is 0.396 e. The molecule has 2 aliphatic rings. The number of rotatable bonds is 4. The van der Waals surface area contributed by atoms with Gasteiger partial charge in [0, 0.05) is 51.4 Å². The Hall–Kier alpha value is -0.160. The SMILES string of the molecule is NC1CCC(N2CCN(CCCO)CC2)CC1. The number of aliphatic hydroxyl groups is 1. The topological polar surface area (TPSA) is 52.7 Å². The Morgan fingerprint density at radius 1 is 1.00 bits per heavy atom. The van der Waals surface area contributed by atoms with Crippen LogP contribution in [0.5, 0.6) is 0 Å². The smallest absolute Gasteiger partial charge is 0.0443 e. The molecule has 0 bridgehead atoms. The van der Waals surface area contributed by atoms with Crippen LogP contribution in [0, 0.1) is 0 Å². The molecule has 3 N–H and O–H groups in total. The van der Waals surface area contributed by atoms with Gasteiger partial charge in [0.1, 0.15) is 0 Å². The van der Waals surface area contributed by atoms with E-state index in [0.717, 1.165) is 19.0 Å². The fourth-order valence-electron chi connectivity index (χ4n) is 3.11.